The van der Waals surface area contributed by atoms with Crippen LogP contribution in [-0.4, -0.2) is 23.5 Å². The van der Waals surface area contributed by atoms with E-state index in [9.17, 15) is 0 Å². The van der Waals surface area contributed by atoms with Crippen LogP contribution < -0.4 is 20.4 Å². The molecular weight excluding hydrogens is 577 g/mol. The molecule has 1 nitrogen and oxygen atoms in total. The molecule has 241 valence electrons. The molecule has 0 aromatic heterocycles. The molecule has 45 heavy (non-hydrogen) atoms. The lowest BCUT2D eigenvalue weighted by Crippen LogP contribution is -2.44. The molecule has 5 rings (SSSR count). The van der Waals surface area contributed by atoms with Crippen molar-refractivity contribution in [2.75, 3.05) is 6.61 Å². The zero-order chi connectivity index (χ0) is 33.3. The van der Waals surface area contributed by atoms with Crippen molar-refractivity contribution in [1.29, 1.82) is 0 Å². The summed E-state index contributed by atoms with van der Waals surface area (Å²) in [6.45, 7) is 36.1. The molecule has 0 saturated heterocycles. The number of rotatable bonds is 8. The molecule has 0 N–H and O–H groups in total. The summed E-state index contributed by atoms with van der Waals surface area (Å²) in [7, 11) is -2.37. The largest absolute Gasteiger partial charge is 0.489 e. The quantitative estimate of drug-likeness (QED) is 0.207. The lowest BCUT2D eigenvalue weighted by atomic mass is 9.66. The summed E-state index contributed by atoms with van der Waals surface area (Å²) in [5, 5.41) is 4.32. The molecule has 1 atom stereocenters. The van der Waals surface area contributed by atoms with Gasteiger partial charge in [0.2, 0.25) is 0 Å². The van der Waals surface area contributed by atoms with E-state index < -0.39 is 16.9 Å². The van der Waals surface area contributed by atoms with E-state index in [-0.39, 0.29) is 16.2 Å². The number of aryl methyl sites for hydroxylation is 1. The Labute approximate surface area is 277 Å². The van der Waals surface area contributed by atoms with Gasteiger partial charge in [0.1, 0.15) is 12.4 Å². The van der Waals surface area contributed by atoms with Gasteiger partial charge in [0.05, 0.1) is 16.9 Å². The molecule has 3 aliphatic rings. The number of hydrogen-bond donors (Lipinski definition) is 0. The van der Waals surface area contributed by atoms with Crippen LogP contribution in [0.2, 0.25) is 37.3 Å². The minimum atomic E-state index is -1.73. The third-order valence-electron chi connectivity index (χ3n) is 10.8. The van der Waals surface area contributed by atoms with Gasteiger partial charge in [-0.1, -0.05) is 143 Å². The van der Waals surface area contributed by atoms with Crippen molar-refractivity contribution in [2.45, 2.75) is 125 Å². The monoisotopic (exact) mass is 635 g/mol. The first-order chi connectivity index (χ1) is 20.9. The fourth-order valence-corrected chi connectivity index (χ4v) is 12.7. The standard InChI is InChI=1S/C42H59OSi2/c1-15-22-43-38-32(23-27(4)24-34(38)45(12,13)14)36-31-25-28(40(5,6)7)18-19-29(31)35-37(42(36,10)11)30-20-21-41(8,9)26-33(30)39(35)44(16-2)17-3/h15,18-19,23-26,39H,1,16-17,20-22H2,2-14H3. The fraction of sp³-hybridized carbons (Fsp3) is 0.524. The Kier molecular flexibility index (Phi) is 8.84. The van der Waals surface area contributed by atoms with Crippen molar-refractivity contribution in [3.05, 3.63) is 92.9 Å². The highest BCUT2D eigenvalue weighted by atomic mass is 28.3. The van der Waals surface area contributed by atoms with Gasteiger partial charge in [-0.2, -0.15) is 0 Å². The van der Waals surface area contributed by atoms with Crippen molar-refractivity contribution in [2.24, 2.45) is 10.8 Å². The van der Waals surface area contributed by atoms with Crippen LogP contribution in [0.4, 0.5) is 0 Å². The maximum atomic E-state index is 6.76. The van der Waals surface area contributed by atoms with E-state index in [2.05, 4.69) is 132 Å². The Hall–Kier alpha value is -2.37. The van der Waals surface area contributed by atoms with Gasteiger partial charge in [-0.05, 0) is 85.7 Å². The van der Waals surface area contributed by atoms with Crippen LogP contribution in [0.3, 0.4) is 0 Å². The first-order valence-corrected chi connectivity index (χ1v) is 23.0. The van der Waals surface area contributed by atoms with Crippen LogP contribution >= 0.6 is 0 Å². The molecule has 2 aromatic carbocycles. The third-order valence-corrected chi connectivity index (χ3v) is 16.0. The Morgan fingerprint density at radius 2 is 1.64 bits per heavy atom. The fourth-order valence-electron chi connectivity index (χ4n) is 8.46. The SMILES string of the molecule is C=CCOc1c(C2=c3cc(C(C)(C)C)ccc3=C3C(=C4CCC(C)(C)C=C4C3[Si](CC)CC)C2(C)C)cc(C)cc1[Si](C)(C)C. The summed E-state index contributed by atoms with van der Waals surface area (Å²) in [5.41, 5.74) is 12.8. The van der Waals surface area contributed by atoms with Crippen molar-refractivity contribution >= 4 is 33.2 Å². The van der Waals surface area contributed by atoms with Gasteiger partial charge in [-0.25, -0.2) is 0 Å². The van der Waals surface area contributed by atoms with Crippen molar-refractivity contribution in [1.82, 2.24) is 0 Å². The summed E-state index contributed by atoms with van der Waals surface area (Å²) < 4.78 is 6.76. The zero-order valence-corrected chi connectivity index (χ0v) is 32.8. The molecule has 1 radical (unpaired) electrons. The van der Waals surface area contributed by atoms with Gasteiger partial charge < -0.3 is 4.74 Å². The predicted octanol–water partition coefficient (Wildman–Crippen LogP) is 9.75. The number of benzene rings is 2. The average molecular weight is 636 g/mol. The Morgan fingerprint density at radius 3 is 2.22 bits per heavy atom. The van der Waals surface area contributed by atoms with Gasteiger partial charge in [-0.3, -0.25) is 0 Å². The normalized spacial score (nSPS) is 20.6. The van der Waals surface area contributed by atoms with Crippen LogP contribution in [0.5, 0.6) is 5.75 Å². The molecule has 0 spiro atoms. The van der Waals surface area contributed by atoms with Gasteiger partial charge >= 0.3 is 0 Å². The van der Waals surface area contributed by atoms with Crippen molar-refractivity contribution in [3.8, 4) is 5.75 Å². The molecule has 1 unspecified atom stereocenters. The number of hydrogen-bond acceptors (Lipinski definition) is 1. The molecule has 0 fully saturated rings. The van der Waals surface area contributed by atoms with Crippen molar-refractivity contribution < 1.29 is 4.74 Å². The minimum Gasteiger partial charge on any atom is -0.489 e. The summed E-state index contributed by atoms with van der Waals surface area (Å²) in [4.78, 5) is 0. The molecule has 0 aliphatic heterocycles. The van der Waals surface area contributed by atoms with E-state index in [4.69, 9.17) is 4.74 Å². The smallest absolute Gasteiger partial charge is 0.126 e. The summed E-state index contributed by atoms with van der Waals surface area (Å²) in [6, 6.07) is 15.0. The molecular formula is C42H59OSi2. The lowest BCUT2D eigenvalue weighted by Gasteiger charge is -2.39. The van der Waals surface area contributed by atoms with E-state index >= 15 is 0 Å². The zero-order valence-electron chi connectivity index (χ0n) is 30.8. The Bertz CT molecular complexity index is 1710. The van der Waals surface area contributed by atoms with E-state index in [1.165, 1.54) is 62.8 Å². The van der Waals surface area contributed by atoms with E-state index in [1.807, 2.05) is 6.08 Å². The molecule has 0 heterocycles. The second-order valence-corrected chi connectivity index (χ2v) is 25.5. The molecule has 0 bridgehead atoms. The van der Waals surface area contributed by atoms with Crippen LogP contribution in [0.15, 0.2) is 65.8 Å². The highest BCUT2D eigenvalue weighted by molar-refractivity contribution is 6.89. The van der Waals surface area contributed by atoms with Crippen LogP contribution in [-0.2, 0) is 5.41 Å². The highest BCUT2D eigenvalue weighted by Gasteiger charge is 2.49. The molecule has 0 amide bonds. The molecule has 3 aliphatic carbocycles. The topological polar surface area (TPSA) is 9.23 Å². The maximum absolute atomic E-state index is 6.76. The number of allylic oxidation sites excluding steroid dienone is 4. The van der Waals surface area contributed by atoms with Crippen LogP contribution in [0, 0.1) is 17.8 Å². The van der Waals surface area contributed by atoms with Gasteiger partial charge in [-0.15, -0.1) is 0 Å². The number of ether oxygens (including phenoxy) is 1. The second kappa shape index (κ2) is 11.7. The molecule has 3 heteroatoms. The second-order valence-electron chi connectivity index (χ2n) is 17.2. The highest BCUT2D eigenvalue weighted by Crippen LogP contribution is 2.61. The Morgan fingerprint density at radius 1 is 0.978 bits per heavy atom. The maximum Gasteiger partial charge on any atom is 0.126 e. The molecule has 0 saturated carbocycles. The predicted molar refractivity (Wildman–Crippen MR) is 203 cm³/mol. The first kappa shape index (κ1) is 34.0. The number of fused-ring (bicyclic) bond motifs is 3. The van der Waals surface area contributed by atoms with Gasteiger partial charge in [0.15, 0.2) is 0 Å². The first-order valence-electron chi connectivity index (χ1n) is 17.5. The van der Waals surface area contributed by atoms with Crippen LogP contribution in [0.1, 0.15) is 91.8 Å². The summed E-state index contributed by atoms with van der Waals surface area (Å²) >= 11 is 0. The summed E-state index contributed by atoms with van der Waals surface area (Å²) in [5.74, 6) is 1.09. The average Bonchev–Trinajstić information content (AvgIpc) is 3.26. The van der Waals surface area contributed by atoms with E-state index in [1.54, 1.807) is 22.3 Å². The van der Waals surface area contributed by atoms with Gasteiger partial charge in [0, 0.05) is 16.5 Å². The summed E-state index contributed by atoms with van der Waals surface area (Å²) in [6.07, 6.45) is 7.00. The third kappa shape index (κ3) is 5.86. The minimum absolute atomic E-state index is 0.0589. The van der Waals surface area contributed by atoms with Crippen molar-refractivity contribution in [3.63, 3.8) is 0 Å². The molecule has 2 aromatic rings. The van der Waals surface area contributed by atoms with E-state index in [0.717, 1.165) is 5.75 Å². The van der Waals surface area contributed by atoms with Gasteiger partial charge in [0.25, 0.3) is 0 Å². The lowest BCUT2D eigenvalue weighted by molar-refractivity contribution is 0.364. The van der Waals surface area contributed by atoms with E-state index in [0.29, 0.717) is 12.1 Å². The Balaban J connectivity index is 2.05. The van der Waals surface area contributed by atoms with Crippen LogP contribution in [0.25, 0.3) is 11.1 Å².